The number of benzene rings is 1. The van der Waals surface area contributed by atoms with Gasteiger partial charge in [-0.3, -0.25) is 0 Å². The van der Waals surface area contributed by atoms with Crippen molar-refractivity contribution >= 4 is 0 Å². The lowest BCUT2D eigenvalue weighted by atomic mass is 10.0. The van der Waals surface area contributed by atoms with Crippen LogP contribution in [0.4, 0.5) is 0 Å². The number of hydrogen-bond acceptors (Lipinski definition) is 4. The van der Waals surface area contributed by atoms with Gasteiger partial charge in [0.15, 0.2) is 11.5 Å². The Balaban J connectivity index is 2.07. The van der Waals surface area contributed by atoms with Crippen LogP contribution >= 0.6 is 0 Å². The molecule has 1 aromatic carbocycles. The summed E-state index contributed by atoms with van der Waals surface area (Å²) in [4.78, 5) is 0. The van der Waals surface area contributed by atoms with Gasteiger partial charge in [-0.05, 0) is 37.5 Å². The molecule has 0 radical (unpaired) electrons. The van der Waals surface area contributed by atoms with E-state index in [4.69, 9.17) is 15.2 Å². The quantitative estimate of drug-likeness (QED) is 0.853. The highest BCUT2D eigenvalue weighted by molar-refractivity contribution is 5.42. The van der Waals surface area contributed by atoms with Crippen LogP contribution in [-0.4, -0.2) is 30.5 Å². The van der Waals surface area contributed by atoms with Crippen LogP contribution in [0, 0.1) is 6.92 Å². The molecule has 2 atom stereocenters. The van der Waals surface area contributed by atoms with Crippen LogP contribution in [0.2, 0.25) is 0 Å². The van der Waals surface area contributed by atoms with Crippen LogP contribution in [-0.2, 0) is 0 Å². The highest BCUT2D eigenvalue weighted by Gasteiger charge is 2.36. The number of aryl methyl sites for hydroxylation is 1. The van der Waals surface area contributed by atoms with Crippen molar-refractivity contribution in [1.82, 2.24) is 0 Å². The van der Waals surface area contributed by atoms with Gasteiger partial charge in [0.2, 0.25) is 0 Å². The number of aliphatic hydroxyl groups is 1. The fraction of sp³-hybridized carbons (Fsp3) is 0.571. The van der Waals surface area contributed by atoms with E-state index in [9.17, 15) is 5.11 Å². The predicted octanol–water partition coefficient (Wildman–Crippen LogP) is 1.62. The van der Waals surface area contributed by atoms with Crippen LogP contribution in [0.5, 0.6) is 11.5 Å². The first-order chi connectivity index (χ1) is 8.56. The standard InChI is InChI=1S/C14H21NO3/c1-10-3-4-12(13(7-10)17-2)18-11-5-6-14(15,8-11)9-16/h3-4,7,11,16H,5-6,8-9,15H2,1-2H3. The Morgan fingerprint density at radius 3 is 2.83 bits per heavy atom. The summed E-state index contributed by atoms with van der Waals surface area (Å²) in [6.07, 6.45) is 2.40. The smallest absolute Gasteiger partial charge is 0.161 e. The Hall–Kier alpha value is -1.26. The van der Waals surface area contributed by atoms with Crippen molar-refractivity contribution < 1.29 is 14.6 Å². The Labute approximate surface area is 108 Å². The molecule has 1 aliphatic carbocycles. The highest BCUT2D eigenvalue weighted by atomic mass is 16.5. The number of methoxy groups -OCH3 is 1. The lowest BCUT2D eigenvalue weighted by Gasteiger charge is -2.21. The number of rotatable bonds is 4. The first-order valence-corrected chi connectivity index (χ1v) is 6.27. The second kappa shape index (κ2) is 5.16. The van der Waals surface area contributed by atoms with Gasteiger partial charge in [0.25, 0.3) is 0 Å². The first-order valence-electron chi connectivity index (χ1n) is 6.27. The number of hydrogen-bond donors (Lipinski definition) is 2. The maximum atomic E-state index is 9.24. The van der Waals surface area contributed by atoms with E-state index in [1.165, 1.54) is 0 Å². The summed E-state index contributed by atoms with van der Waals surface area (Å²) in [5.41, 5.74) is 6.69. The van der Waals surface area contributed by atoms with Crippen molar-refractivity contribution in [3.8, 4) is 11.5 Å². The van der Waals surface area contributed by atoms with Gasteiger partial charge >= 0.3 is 0 Å². The molecule has 0 amide bonds. The SMILES string of the molecule is COc1cc(C)ccc1OC1CCC(N)(CO)C1. The van der Waals surface area contributed by atoms with Crippen molar-refractivity contribution in [2.45, 2.75) is 37.8 Å². The molecule has 0 aromatic heterocycles. The molecule has 3 N–H and O–H groups in total. The highest BCUT2D eigenvalue weighted by Crippen LogP contribution is 2.34. The van der Waals surface area contributed by atoms with Crippen molar-refractivity contribution in [3.05, 3.63) is 23.8 Å². The summed E-state index contributed by atoms with van der Waals surface area (Å²) in [6, 6.07) is 5.87. The monoisotopic (exact) mass is 251 g/mol. The van der Waals surface area contributed by atoms with E-state index >= 15 is 0 Å². The predicted molar refractivity (Wildman–Crippen MR) is 70.0 cm³/mol. The molecular weight excluding hydrogens is 230 g/mol. The first kappa shape index (κ1) is 13.2. The molecule has 18 heavy (non-hydrogen) atoms. The second-order valence-corrected chi connectivity index (χ2v) is 5.16. The summed E-state index contributed by atoms with van der Waals surface area (Å²) in [6.45, 7) is 2.02. The van der Waals surface area contributed by atoms with Gasteiger partial charge in [-0.25, -0.2) is 0 Å². The average Bonchev–Trinajstić information content (AvgIpc) is 2.74. The molecule has 100 valence electrons. The van der Waals surface area contributed by atoms with Gasteiger partial charge < -0.3 is 20.3 Å². The third-order valence-electron chi connectivity index (χ3n) is 3.53. The second-order valence-electron chi connectivity index (χ2n) is 5.16. The van der Waals surface area contributed by atoms with E-state index < -0.39 is 5.54 Å². The zero-order chi connectivity index (χ0) is 13.2. The number of nitrogens with two attached hydrogens (primary N) is 1. The van der Waals surface area contributed by atoms with Crippen molar-refractivity contribution in [3.63, 3.8) is 0 Å². The van der Waals surface area contributed by atoms with E-state index in [-0.39, 0.29) is 12.7 Å². The molecule has 2 unspecified atom stereocenters. The lowest BCUT2D eigenvalue weighted by Crippen LogP contribution is -2.41. The van der Waals surface area contributed by atoms with Gasteiger partial charge in [0, 0.05) is 12.0 Å². The summed E-state index contributed by atoms with van der Waals surface area (Å²) >= 11 is 0. The lowest BCUT2D eigenvalue weighted by molar-refractivity contribution is 0.162. The molecule has 0 heterocycles. The average molecular weight is 251 g/mol. The van der Waals surface area contributed by atoms with Gasteiger partial charge in [-0.2, -0.15) is 0 Å². The maximum Gasteiger partial charge on any atom is 0.161 e. The van der Waals surface area contributed by atoms with Gasteiger partial charge in [0.05, 0.1) is 13.7 Å². The number of aliphatic hydroxyl groups excluding tert-OH is 1. The summed E-state index contributed by atoms with van der Waals surface area (Å²) < 4.78 is 11.2. The van der Waals surface area contributed by atoms with Crippen LogP contribution in [0.15, 0.2) is 18.2 Å². The van der Waals surface area contributed by atoms with Gasteiger partial charge in [0.1, 0.15) is 6.10 Å². The van der Waals surface area contributed by atoms with Crippen LogP contribution in [0.1, 0.15) is 24.8 Å². The largest absolute Gasteiger partial charge is 0.493 e. The zero-order valence-corrected chi connectivity index (χ0v) is 11.0. The summed E-state index contributed by atoms with van der Waals surface area (Å²) in [5, 5.41) is 9.24. The molecular formula is C14H21NO3. The van der Waals surface area contributed by atoms with Gasteiger partial charge in [-0.15, -0.1) is 0 Å². The zero-order valence-electron chi connectivity index (χ0n) is 11.0. The molecule has 0 spiro atoms. The normalized spacial score (nSPS) is 27.2. The Morgan fingerprint density at radius 1 is 1.44 bits per heavy atom. The fourth-order valence-corrected chi connectivity index (χ4v) is 2.40. The third kappa shape index (κ3) is 2.76. The van der Waals surface area contributed by atoms with Crippen LogP contribution < -0.4 is 15.2 Å². The van der Waals surface area contributed by atoms with Crippen molar-refractivity contribution in [2.75, 3.05) is 13.7 Å². The molecule has 1 fully saturated rings. The topological polar surface area (TPSA) is 64.7 Å². The molecule has 4 nitrogen and oxygen atoms in total. The van der Waals surface area contributed by atoms with Crippen molar-refractivity contribution in [1.29, 1.82) is 0 Å². The minimum Gasteiger partial charge on any atom is -0.493 e. The van der Waals surface area contributed by atoms with Crippen LogP contribution in [0.25, 0.3) is 0 Å². The van der Waals surface area contributed by atoms with Crippen molar-refractivity contribution in [2.24, 2.45) is 5.73 Å². The maximum absolute atomic E-state index is 9.24. The van der Waals surface area contributed by atoms with E-state index in [0.717, 1.165) is 29.9 Å². The summed E-state index contributed by atoms with van der Waals surface area (Å²) in [5.74, 6) is 1.49. The minimum absolute atomic E-state index is 0.0118. The minimum atomic E-state index is -0.484. The Morgan fingerprint density at radius 2 is 2.22 bits per heavy atom. The third-order valence-corrected chi connectivity index (χ3v) is 3.53. The van der Waals surface area contributed by atoms with E-state index in [1.54, 1.807) is 7.11 Å². The molecule has 0 aliphatic heterocycles. The van der Waals surface area contributed by atoms with Gasteiger partial charge in [-0.1, -0.05) is 6.07 Å². The van der Waals surface area contributed by atoms with E-state index in [1.807, 2.05) is 25.1 Å². The molecule has 0 saturated heterocycles. The number of ether oxygens (including phenoxy) is 2. The molecule has 2 rings (SSSR count). The Kier molecular flexibility index (Phi) is 3.78. The molecule has 1 aliphatic rings. The van der Waals surface area contributed by atoms with Crippen LogP contribution in [0.3, 0.4) is 0 Å². The molecule has 0 bridgehead atoms. The van der Waals surface area contributed by atoms with E-state index in [2.05, 4.69) is 0 Å². The fourth-order valence-electron chi connectivity index (χ4n) is 2.40. The van der Waals surface area contributed by atoms with E-state index in [0.29, 0.717) is 6.42 Å². The molecule has 1 aromatic rings. The molecule has 1 saturated carbocycles. The summed E-state index contributed by atoms with van der Waals surface area (Å²) in [7, 11) is 1.64. The Bertz CT molecular complexity index is 422. The molecule has 4 heteroatoms.